The summed E-state index contributed by atoms with van der Waals surface area (Å²) in [7, 11) is 1.80. The summed E-state index contributed by atoms with van der Waals surface area (Å²) in [4.78, 5) is 0. The molecule has 0 fully saturated rings. The number of aromatic nitrogens is 2. The van der Waals surface area contributed by atoms with Gasteiger partial charge in [0.2, 0.25) is 0 Å². The maximum atomic E-state index is 12.7. The van der Waals surface area contributed by atoms with Gasteiger partial charge in [0.05, 0.1) is 5.69 Å². The third-order valence-corrected chi connectivity index (χ3v) is 2.53. The number of aliphatic hydroxyl groups is 1. The normalized spacial score (nSPS) is 12.8. The topological polar surface area (TPSA) is 38.0 Å². The highest BCUT2D eigenvalue weighted by molar-refractivity contribution is 5.30. The van der Waals surface area contributed by atoms with Crippen molar-refractivity contribution < 1.29 is 9.50 Å². The summed E-state index contributed by atoms with van der Waals surface area (Å²) in [5.41, 5.74) is 2.19. The van der Waals surface area contributed by atoms with Gasteiger partial charge < -0.3 is 5.11 Å². The Hall–Kier alpha value is -1.68. The molecule has 1 aromatic carbocycles. The fourth-order valence-corrected chi connectivity index (χ4v) is 1.71. The Morgan fingerprint density at radius 2 is 1.94 bits per heavy atom. The van der Waals surface area contributed by atoms with Crippen molar-refractivity contribution in [3.05, 3.63) is 53.1 Å². The Kier molecular flexibility index (Phi) is 2.75. The summed E-state index contributed by atoms with van der Waals surface area (Å²) in [6.45, 7) is 1.84. The zero-order chi connectivity index (χ0) is 11.7. The second-order valence-corrected chi connectivity index (χ2v) is 3.80. The number of aryl methyl sites for hydroxylation is 2. The van der Waals surface area contributed by atoms with E-state index in [4.69, 9.17) is 0 Å². The molecule has 0 aliphatic rings. The third kappa shape index (κ3) is 1.97. The van der Waals surface area contributed by atoms with E-state index in [2.05, 4.69) is 5.10 Å². The van der Waals surface area contributed by atoms with Gasteiger partial charge in [-0.1, -0.05) is 12.1 Å². The van der Waals surface area contributed by atoms with Gasteiger partial charge in [0.1, 0.15) is 11.9 Å². The van der Waals surface area contributed by atoms with Crippen molar-refractivity contribution in [1.29, 1.82) is 0 Å². The second-order valence-electron chi connectivity index (χ2n) is 3.80. The summed E-state index contributed by atoms with van der Waals surface area (Å²) < 4.78 is 14.4. The van der Waals surface area contributed by atoms with E-state index in [1.807, 2.05) is 6.92 Å². The van der Waals surface area contributed by atoms with Crippen LogP contribution in [0.4, 0.5) is 4.39 Å². The molecule has 1 atom stereocenters. The minimum atomic E-state index is -0.755. The lowest BCUT2D eigenvalue weighted by atomic mass is 10.0. The van der Waals surface area contributed by atoms with E-state index < -0.39 is 6.10 Å². The van der Waals surface area contributed by atoms with Crippen molar-refractivity contribution in [3.8, 4) is 0 Å². The molecule has 3 nitrogen and oxygen atoms in total. The molecule has 0 aliphatic heterocycles. The van der Waals surface area contributed by atoms with E-state index in [-0.39, 0.29) is 5.82 Å². The Bertz CT molecular complexity index is 490. The molecule has 0 saturated carbocycles. The molecule has 2 rings (SSSR count). The van der Waals surface area contributed by atoms with Crippen LogP contribution in [0.15, 0.2) is 30.5 Å². The molecule has 4 heteroatoms. The molecule has 84 valence electrons. The van der Waals surface area contributed by atoms with Crippen LogP contribution in [0.25, 0.3) is 0 Å². The molecule has 0 amide bonds. The summed E-state index contributed by atoms with van der Waals surface area (Å²) in [6, 6.07) is 5.83. The van der Waals surface area contributed by atoms with Gasteiger partial charge in [-0.3, -0.25) is 4.68 Å². The molecule has 1 unspecified atom stereocenters. The molecule has 0 radical (unpaired) electrons. The van der Waals surface area contributed by atoms with Gasteiger partial charge in [-0.05, 0) is 24.6 Å². The van der Waals surface area contributed by atoms with Crippen LogP contribution in [-0.4, -0.2) is 14.9 Å². The molecule has 0 bridgehead atoms. The van der Waals surface area contributed by atoms with E-state index in [0.29, 0.717) is 5.56 Å². The second kappa shape index (κ2) is 4.06. The molecular formula is C12H13FN2O. The number of nitrogens with zero attached hydrogens (tertiary/aromatic N) is 2. The fraction of sp³-hybridized carbons (Fsp3) is 0.250. The molecule has 0 aliphatic carbocycles. The van der Waals surface area contributed by atoms with Crippen molar-refractivity contribution in [2.45, 2.75) is 13.0 Å². The van der Waals surface area contributed by atoms with Gasteiger partial charge in [0.25, 0.3) is 0 Å². The molecule has 0 spiro atoms. The maximum absolute atomic E-state index is 12.7. The van der Waals surface area contributed by atoms with Crippen LogP contribution in [0, 0.1) is 12.7 Å². The van der Waals surface area contributed by atoms with E-state index in [1.54, 1.807) is 30.1 Å². The van der Waals surface area contributed by atoms with Crippen LogP contribution in [0.1, 0.15) is 22.9 Å². The van der Waals surface area contributed by atoms with Crippen LogP contribution in [0.2, 0.25) is 0 Å². The average molecular weight is 220 g/mol. The molecule has 1 heterocycles. The molecular weight excluding hydrogens is 207 g/mol. The number of aliphatic hydroxyl groups excluding tert-OH is 1. The summed E-state index contributed by atoms with van der Waals surface area (Å²) in [6.07, 6.45) is 1.01. The van der Waals surface area contributed by atoms with Crippen LogP contribution in [-0.2, 0) is 7.05 Å². The SMILES string of the molecule is Cc1nn(C)cc1C(O)c1ccc(F)cc1. The first-order valence-electron chi connectivity index (χ1n) is 5.01. The van der Waals surface area contributed by atoms with Crippen LogP contribution < -0.4 is 0 Å². The minimum absolute atomic E-state index is 0.307. The largest absolute Gasteiger partial charge is 0.384 e. The average Bonchev–Trinajstić information content (AvgIpc) is 2.58. The third-order valence-electron chi connectivity index (χ3n) is 2.53. The van der Waals surface area contributed by atoms with E-state index in [0.717, 1.165) is 11.3 Å². The smallest absolute Gasteiger partial charge is 0.123 e. The zero-order valence-electron chi connectivity index (χ0n) is 9.18. The molecule has 2 aromatic rings. The van der Waals surface area contributed by atoms with Gasteiger partial charge in [0, 0.05) is 18.8 Å². The quantitative estimate of drug-likeness (QED) is 0.840. The monoisotopic (exact) mass is 220 g/mol. The first kappa shape index (κ1) is 10.8. The highest BCUT2D eigenvalue weighted by Crippen LogP contribution is 2.23. The van der Waals surface area contributed by atoms with E-state index in [1.165, 1.54) is 12.1 Å². The van der Waals surface area contributed by atoms with E-state index in [9.17, 15) is 9.50 Å². The summed E-state index contributed by atoms with van der Waals surface area (Å²) in [5.74, 6) is -0.307. The van der Waals surface area contributed by atoms with Gasteiger partial charge in [0.15, 0.2) is 0 Å². The highest BCUT2D eigenvalue weighted by Gasteiger charge is 2.15. The van der Waals surface area contributed by atoms with Gasteiger partial charge in [-0.15, -0.1) is 0 Å². The van der Waals surface area contributed by atoms with Crippen LogP contribution in [0.3, 0.4) is 0 Å². The highest BCUT2D eigenvalue weighted by atomic mass is 19.1. The summed E-state index contributed by atoms with van der Waals surface area (Å²) in [5, 5.41) is 14.3. The molecule has 0 saturated heterocycles. The lowest BCUT2D eigenvalue weighted by Crippen LogP contribution is -2.00. The minimum Gasteiger partial charge on any atom is -0.384 e. The van der Waals surface area contributed by atoms with E-state index >= 15 is 0 Å². The Morgan fingerprint density at radius 1 is 1.31 bits per heavy atom. The number of hydrogen-bond donors (Lipinski definition) is 1. The Labute approximate surface area is 93.2 Å². The van der Waals surface area contributed by atoms with Gasteiger partial charge >= 0.3 is 0 Å². The van der Waals surface area contributed by atoms with Crippen molar-refractivity contribution >= 4 is 0 Å². The lowest BCUT2D eigenvalue weighted by molar-refractivity contribution is 0.219. The predicted octanol–water partition coefficient (Wildman–Crippen LogP) is 1.95. The number of benzene rings is 1. The Morgan fingerprint density at radius 3 is 2.44 bits per heavy atom. The predicted molar refractivity (Wildman–Crippen MR) is 58.4 cm³/mol. The first-order valence-corrected chi connectivity index (χ1v) is 5.01. The van der Waals surface area contributed by atoms with Crippen LogP contribution in [0.5, 0.6) is 0 Å². The molecule has 1 aromatic heterocycles. The number of halogens is 1. The molecule has 1 N–H and O–H groups in total. The van der Waals surface area contributed by atoms with Crippen molar-refractivity contribution in [3.63, 3.8) is 0 Å². The lowest BCUT2D eigenvalue weighted by Gasteiger charge is -2.09. The van der Waals surface area contributed by atoms with Crippen molar-refractivity contribution in [1.82, 2.24) is 9.78 Å². The van der Waals surface area contributed by atoms with Crippen LogP contribution >= 0.6 is 0 Å². The first-order chi connectivity index (χ1) is 7.58. The number of hydrogen-bond acceptors (Lipinski definition) is 2. The Balaban J connectivity index is 2.35. The van der Waals surface area contributed by atoms with Gasteiger partial charge in [-0.2, -0.15) is 5.10 Å². The number of rotatable bonds is 2. The van der Waals surface area contributed by atoms with Crippen molar-refractivity contribution in [2.24, 2.45) is 7.05 Å². The van der Waals surface area contributed by atoms with Crippen molar-refractivity contribution in [2.75, 3.05) is 0 Å². The zero-order valence-corrected chi connectivity index (χ0v) is 9.18. The summed E-state index contributed by atoms with van der Waals surface area (Å²) >= 11 is 0. The molecule has 16 heavy (non-hydrogen) atoms. The fourth-order valence-electron chi connectivity index (χ4n) is 1.71. The maximum Gasteiger partial charge on any atom is 0.123 e. The van der Waals surface area contributed by atoms with Gasteiger partial charge in [-0.25, -0.2) is 4.39 Å². The standard InChI is InChI=1S/C12H13FN2O/c1-8-11(7-15(2)14-8)12(16)9-3-5-10(13)6-4-9/h3-7,12,16H,1-2H3.